The van der Waals surface area contributed by atoms with Crippen molar-refractivity contribution in [3.63, 3.8) is 0 Å². The first-order chi connectivity index (χ1) is 9.59. The van der Waals surface area contributed by atoms with Crippen molar-refractivity contribution >= 4 is 11.8 Å². The van der Waals surface area contributed by atoms with E-state index in [1.165, 1.54) is 0 Å². The first kappa shape index (κ1) is 15.1. The van der Waals surface area contributed by atoms with Crippen LogP contribution in [-0.2, 0) is 9.59 Å². The van der Waals surface area contributed by atoms with Gasteiger partial charge in [0, 0.05) is 6.04 Å². The second-order valence-electron chi connectivity index (χ2n) is 5.85. The van der Waals surface area contributed by atoms with Gasteiger partial charge in [0.15, 0.2) is 0 Å². The van der Waals surface area contributed by atoms with Crippen molar-refractivity contribution in [3.8, 4) is 0 Å². The Kier molecular flexibility index (Phi) is 4.51. The maximum Gasteiger partial charge on any atom is 0.249 e. The molecule has 20 heavy (non-hydrogen) atoms. The summed E-state index contributed by atoms with van der Waals surface area (Å²) in [4.78, 5) is 27.3. The van der Waals surface area contributed by atoms with Gasteiger partial charge in [-0.1, -0.05) is 32.9 Å². The second-order valence-corrected chi connectivity index (χ2v) is 5.85. The molecule has 2 atom stereocenters. The molecule has 0 saturated carbocycles. The molecule has 0 bridgehead atoms. The summed E-state index contributed by atoms with van der Waals surface area (Å²) >= 11 is 0. The fraction of sp³-hybridized carbons (Fsp3) is 0.750. The molecule has 0 aromatic rings. The van der Waals surface area contributed by atoms with Crippen molar-refractivity contribution in [2.24, 2.45) is 0 Å². The Bertz CT molecular complexity index is 413. The topological polar surface area (TPSA) is 49.4 Å². The van der Waals surface area contributed by atoms with Crippen molar-refractivity contribution in [2.45, 2.75) is 76.9 Å². The van der Waals surface area contributed by atoms with Gasteiger partial charge >= 0.3 is 0 Å². The van der Waals surface area contributed by atoms with Crippen LogP contribution in [0, 0.1) is 0 Å². The van der Waals surface area contributed by atoms with E-state index in [1.807, 2.05) is 25.7 Å². The minimum atomic E-state index is -0.691. The lowest BCUT2D eigenvalue weighted by Crippen LogP contribution is -2.71. The van der Waals surface area contributed by atoms with E-state index in [-0.39, 0.29) is 23.9 Å². The zero-order valence-electron chi connectivity index (χ0n) is 12.8. The molecule has 0 aromatic carbocycles. The molecule has 2 rings (SSSR count). The zero-order chi connectivity index (χ0) is 14.8. The lowest BCUT2D eigenvalue weighted by molar-refractivity contribution is -0.158. The van der Waals surface area contributed by atoms with Crippen LogP contribution in [-0.4, -0.2) is 34.3 Å². The van der Waals surface area contributed by atoms with E-state index in [4.69, 9.17) is 0 Å². The van der Waals surface area contributed by atoms with Gasteiger partial charge in [-0.05, 0) is 38.5 Å². The predicted molar refractivity (Wildman–Crippen MR) is 79.2 cm³/mol. The summed E-state index contributed by atoms with van der Waals surface area (Å²) in [5.41, 5.74) is -0.691. The van der Waals surface area contributed by atoms with Crippen LogP contribution in [0.4, 0.5) is 0 Å². The highest BCUT2D eigenvalue weighted by molar-refractivity contribution is 6.00. The van der Waals surface area contributed by atoms with Crippen LogP contribution < -0.4 is 5.32 Å². The van der Waals surface area contributed by atoms with Gasteiger partial charge in [0.2, 0.25) is 11.8 Å². The molecule has 2 unspecified atom stereocenters. The SMILES string of the molecule is CCC1C(=O)NC(CC)(CC)C(=O)N1C1CC=CCC1. The van der Waals surface area contributed by atoms with Gasteiger partial charge in [-0.2, -0.15) is 0 Å². The molecule has 112 valence electrons. The van der Waals surface area contributed by atoms with Crippen LogP contribution >= 0.6 is 0 Å². The molecule has 2 aliphatic rings. The molecule has 1 aliphatic heterocycles. The van der Waals surface area contributed by atoms with Gasteiger partial charge in [-0.25, -0.2) is 0 Å². The van der Waals surface area contributed by atoms with Gasteiger partial charge in [0.1, 0.15) is 11.6 Å². The van der Waals surface area contributed by atoms with Crippen LogP contribution in [0.2, 0.25) is 0 Å². The molecule has 1 N–H and O–H groups in total. The van der Waals surface area contributed by atoms with Gasteiger partial charge in [0.25, 0.3) is 0 Å². The Hall–Kier alpha value is -1.32. The Morgan fingerprint density at radius 1 is 1.25 bits per heavy atom. The Morgan fingerprint density at radius 3 is 2.45 bits per heavy atom. The van der Waals surface area contributed by atoms with Gasteiger partial charge in [0.05, 0.1) is 0 Å². The van der Waals surface area contributed by atoms with Crippen molar-refractivity contribution < 1.29 is 9.59 Å². The van der Waals surface area contributed by atoms with E-state index < -0.39 is 5.54 Å². The number of rotatable bonds is 4. The fourth-order valence-electron chi connectivity index (χ4n) is 3.45. The van der Waals surface area contributed by atoms with E-state index in [1.54, 1.807) is 0 Å². The molecule has 1 heterocycles. The lowest BCUT2D eigenvalue weighted by atomic mass is 9.84. The van der Waals surface area contributed by atoms with E-state index in [0.29, 0.717) is 19.3 Å². The summed E-state index contributed by atoms with van der Waals surface area (Å²) in [6.07, 6.45) is 9.14. The molecule has 0 radical (unpaired) electrons. The highest BCUT2D eigenvalue weighted by Gasteiger charge is 2.50. The smallest absolute Gasteiger partial charge is 0.249 e. The predicted octanol–water partition coefficient (Wildman–Crippen LogP) is 2.39. The average Bonchev–Trinajstić information content (AvgIpc) is 2.49. The third kappa shape index (κ3) is 2.36. The number of carbonyl (C=O) groups is 2. The van der Waals surface area contributed by atoms with Crippen LogP contribution in [0.5, 0.6) is 0 Å². The summed E-state index contributed by atoms with van der Waals surface area (Å²) in [6.45, 7) is 5.94. The monoisotopic (exact) mass is 278 g/mol. The van der Waals surface area contributed by atoms with Gasteiger partial charge in [-0.15, -0.1) is 0 Å². The number of hydrogen-bond acceptors (Lipinski definition) is 2. The van der Waals surface area contributed by atoms with E-state index in [0.717, 1.165) is 19.3 Å². The first-order valence-corrected chi connectivity index (χ1v) is 7.89. The van der Waals surface area contributed by atoms with Crippen LogP contribution in [0.25, 0.3) is 0 Å². The highest BCUT2D eigenvalue weighted by Crippen LogP contribution is 2.31. The Balaban J connectivity index is 2.34. The van der Waals surface area contributed by atoms with Gasteiger partial charge < -0.3 is 10.2 Å². The molecule has 4 nitrogen and oxygen atoms in total. The molecule has 1 aliphatic carbocycles. The average molecular weight is 278 g/mol. The maximum atomic E-state index is 13.0. The third-order valence-corrected chi connectivity index (χ3v) is 4.87. The molecule has 0 aromatic heterocycles. The quantitative estimate of drug-likeness (QED) is 0.803. The molecule has 1 fully saturated rings. The normalized spacial score (nSPS) is 29.4. The summed E-state index contributed by atoms with van der Waals surface area (Å²) in [5.74, 6) is 0.139. The van der Waals surface area contributed by atoms with Crippen LogP contribution in [0.15, 0.2) is 12.2 Å². The van der Waals surface area contributed by atoms with Crippen LogP contribution in [0.3, 0.4) is 0 Å². The van der Waals surface area contributed by atoms with E-state index >= 15 is 0 Å². The fourth-order valence-corrected chi connectivity index (χ4v) is 3.45. The summed E-state index contributed by atoms with van der Waals surface area (Å²) in [7, 11) is 0. The number of amides is 2. The second kappa shape index (κ2) is 5.98. The summed E-state index contributed by atoms with van der Waals surface area (Å²) in [6, 6.07) is -0.119. The van der Waals surface area contributed by atoms with Crippen molar-refractivity contribution in [3.05, 3.63) is 12.2 Å². The molecule has 1 saturated heterocycles. The Labute approximate surface area is 121 Å². The minimum Gasteiger partial charge on any atom is -0.340 e. The molecular weight excluding hydrogens is 252 g/mol. The largest absolute Gasteiger partial charge is 0.340 e. The van der Waals surface area contributed by atoms with Crippen molar-refractivity contribution in [1.29, 1.82) is 0 Å². The lowest BCUT2D eigenvalue weighted by Gasteiger charge is -2.48. The van der Waals surface area contributed by atoms with E-state index in [9.17, 15) is 9.59 Å². The third-order valence-electron chi connectivity index (χ3n) is 4.87. The number of carbonyl (C=O) groups excluding carboxylic acids is 2. The van der Waals surface area contributed by atoms with Gasteiger partial charge in [-0.3, -0.25) is 9.59 Å². The number of nitrogens with zero attached hydrogens (tertiary/aromatic N) is 1. The zero-order valence-corrected chi connectivity index (χ0v) is 12.8. The maximum absolute atomic E-state index is 13.0. The van der Waals surface area contributed by atoms with Crippen LogP contribution in [0.1, 0.15) is 59.3 Å². The summed E-state index contributed by atoms with van der Waals surface area (Å²) in [5, 5.41) is 3.00. The van der Waals surface area contributed by atoms with Crippen molar-refractivity contribution in [1.82, 2.24) is 10.2 Å². The molecule has 4 heteroatoms. The molecular formula is C16H26N2O2. The molecule has 0 spiro atoms. The number of allylic oxidation sites excluding steroid dienone is 1. The number of nitrogens with one attached hydrogen (secondary N) is 1. The Morgan fingerprint density at radius 2 is 1.95 bits per heavy atom. The minimum absolute atomic E-state index is 0.0188. The summed E-state index contributed by atoms with van der Waals surface area (Å²) < 4.78 is 0. The standard InChI is InChI=1S/C16H26N2O2/c1-4-13-14(19)17-16(5-2,6-3)15(20)18(13)12-10-8-7-9-11-12/h7-8,12-13H,4-6,9-11H2,1-3H3,(H,17,19). The first-order valence-electron chi connectivity index (χ1n) is 7.89. The number of piperazine rings is 1. The van der Waals surface area contributed by atoms with Crippen molar-refractivity contribution in [2.75, 3.05) is 0 Å². The van der Waals surface area contributed by atoms with E-state index in [2.05, 4.69) is 17.5 Å². The highest BCUT2D eigenvalue weighted by atomic mass is 16.2. The number of hydrogen-bond donors (Lipinski definition) is 1. The molecule has 2 amide bonds.